The number of benzene rings is 1. The highest BCUT2D eigenvalue weighted by molar-refractivity contribution is 7.10. The van der Waals surface area contributed by atoms with Crippen LogP contribution in [0.5, 0.6) is 0 Å². The molecule has 0 saturated carbocycles. The van der Waals surface area contributed by atoms with E-state index in [0.717, 1.165) is 17.0 Å². The Kier molecular flexibility index (Phi) is 7.55. The van der Waals surface area contributed by atoms with E-state index in [2.05, 4.69) is 5.32 Å². The molecule has 3 rings (SSSR count). The number of alkyl halides is 3. The van der Waals surface area contributed by atoms with E-state index in [0.29, 0.717) is 25.9 Å². The van der Waals surface area contributed by atoms with E-state index in [-0.39, 0.29) is 29.7 Å². The van der Waals surface area contributed by atoms with Crippen molar-refractivity contribution in [1.29, 1.82) is 0 Å². The Morgan fingerprint density at radius 1 is 1.16 bits per heavy atom. The summed E-state index contributed by atoms with van der Waals surface area (Å²) in [6.07, 6.45) is -3.59. The summed E-state index contributed by atoms with van der Waals surface area (Å²) in [5.74, 6) is -1.32. The van der Waals surface area contributed by atoms with Gasteiger partial charge in [-0.15, -0.1) is 11.3 Å². The third-order valence-corrected chi connectivity index (χ3v) is 6.40. The topological polar surface area (TPSA) is 75.7 Å². The molecule has 1 aliphatic heterocycles. The molecule has 10 heteroatoms. The molecular weight excluding hydrogens is 445 g/mol. The van der Waals surface area contributed by atoms with Gasteiger partial charge < -0.3 is 15.0 Å². The largest absolute Gasteiger partial charge is 0.469 e. The molecule has 1 atom stereocenters. The van der Waals surface area contributed by atoms with Gasteiger partial charge in [0.15, 0.2) is 0 Å². The highest BCUT2D eigenvalue weighted by atomic mass is 32.1. The van der Waals surface area contributed by atoms with E-state index in [4.69, 9.17) is 4.74 Å². The van der Waals surface area contributed by atoms with Crippen LogP contribution in [0.4, 0.5) is 13.2 Å². The van der Waals surface area contributed by atoms with Crippen molar-refractivity contribution in [3.63, 3.8) is 0 Å². The average molecular weight is 468 g/mol. The highest BCUT2D eigenvalue weighted by Gasteiger charge is 2.32. The SMILES string of the molecule is COC(=O)CC(NC(=O)C1CCN(C(=O)c2ccc(C(F)(F)F)cc2)CC1)c1cccs1. The van der Waals surface area contributed by atoms with Gasteiger partial charge in [-0.3, -0.25) is 14.4 Å². The maximum absolute atomic E-state index is 12.8. The number of methoxy groups -OCH3 is 1. The molecular formula is C22H23F3N2O4S. The smallest absolute Gasteiger partial charge is 0.416 e. The van der Waals surface area contributed by atoms with Crippen LogP contribution in [0.25, 0.3) is 0 Å². The van der Waals surface area contributed by atoms with Crippen LogP contribution in [0.3, 0.4) is 0 Å². The number of hydrogen-bond acceptors (Lipinski definition) is 5. The number of esters is 1. The summed E-state index contributed by atoms with van der Waals surface area (Å²) in [5, 5.41) is 4.77. The first-order chi connectivity index (χ1) is 15.2. The lowest BCUT2D eigenvalue weighted by Crippen LogP contribution is -2.44. The van der Waals surface area contributed by atoms with Crippen molar-refractivity contribution in [2.45, 2.75) is 31.5 Å². The monoisotopic (exact) mass is 468 g/mol. The van der Waals surface area contributed by atoms with Gasteiger partial charge in [0.2, 0.25) is 5.91 Å². The van der Waals surface area contributed by atoms with Gasteiger partial charge in [-0.2, -0.15) is 13.2 Å². The van der Waals surface area contributed by atoms with Gasteiger partial charge in [0.25, 0.3) is 5.91 Å². The molecule has 0 aliphatic carbocycles. The van der Waals surface area contributed by atoms with Crippen LogP contribution < -0.4 is 5.32 Å². The van der Waals surface area contributed by atoms with Crippen LogP contribution in [0.2, 0.25) is 0 Å². The van der Waals surface area contributed by atoms with Crippen molar-refractivity contribution in [3.05, 3.63) is 57.8 Å². The first-order valence-corrected chi connectivity index (χ1v) is 10.9. The van der Waals surface area contributed by atoms with Crippen LogP contribution in [0.15, 0.2) is 41.8 Å². The second kappa shape index (κ2) is 10.2. The van der Waals surface area contributed by atoms with Crippen molar-refractivity contribution in [2.75, 3.05) is 20.2 Å². The molecule has 0 spiro atoms. The molecule has 2 aromatic rings. The highest BCUT2D eigenvalue weighted by Crippen LogP contribution is 2.30. The second-order valence-electron chi connectivity index (χ2n) is 7.50. The molecule has 1 fully saturated rings. The zero-order chi connectivity index (χ0) is 23.3. The Morgan fingerprint density at radius 2 is 1.81 bits per heavy atom. The predicted octanol–water partition coefficient (Wildman–Crippen LogP) is 4.04. The number of rotatable bonds is 6. The number of hydrogen-bond donors (Lipinski definition) is 1. The van der Waals surface area contributed by atoms with E-state index >= 15 is 0 Å². The van der Waals surface area contributed by atoms with Crippen LogP contribution in [-0.2, 0) is 20.5 Å². The molecule has 6 nitrogen and oxygen atoms in total. The third kappa shape index (κ3) is 5.87. The van der Waals surface area contributed by atoms with Gasteiger partial charge in [-0.05, 0) is 48.6 Å². The fraction of sp³-hybridized carbons (Fsp3) is 0.409. The molecule has 1 aromatic heterocycles. The Labute approximate surface area is 187 Å². The summed E-state index contributed by atoms with van der Waals surface area (Å²) >= 11 is 1.43. The Bertz CT molecular complexity index is 937. The number of piperidine rings is 1. The first kappa shape index (κ1) is 23.8. The van der Waals surface area contributed by atoms with Crippen LogP contribution >= 0.6 is 11.3 Å². The van der Waals surface area contributed by atoms with E-state index < -0.39 is 23.8 Å². The molecule has 172 valence electrons. The summed E-state index contributed by atoms with van der Waals surface area (Å²) in [4.78, 5) is 39.5. The van der Waals surface area contributed by atoms with Gasteiger partial charge in [0.05, 0.1) is 25.1 Å². The predicted molar refractivity (Wildman–Crippen MR) is 112 cm³/mol. The molecule has 1 unspecified atom stereocenters. The number of thiophene rings is 1. The normalized spacial score (nSPS) is 15.8. The number of nitrogens with one attached hydrogen (secondary N) is 1. The van der Waals surface area contributed by atoms with Crippen LogP contribution in [-0.4, -0.2) is 42.9 Å². The molecule has 0 bridgehead atoms. The molecule has 2 heterocycles. The maximum Gasteiger partial charge on any atom is 0.416 e. The molecule has 0 radical (unpaired) electrons. The summed E-state index contributed by atoms with van der Waals surface area (Å²) in [5.41, 5.74) is -0.631. The second-order valence-corrected chi connectivity index (χ2v) is 8.48. The summed E-state index contributed by atoms with van der Waals surface area (Å²) in [6, 6.07) is 7.30. The van der Waals surface area contributed by atoms with Gasteiger partial charge in [0.1, 0.15) is 0 Å². The summed E-state index contributed by atoms with van der Waals surface area (Å²) in [6.45, 7) is 0.636. The van der Waals surface area contributed by atoms with Gasteiger partial charge >= 0.3 is 12.1 Å². The lowest BCUT2D eigenvalue weighted by atomic mass is 9.94. The van der Waals surface area contributed by atoms with Gasteiger partial charge in [0, 0.05) is 29.4 Å². The number of nitrogens with zero attached hydrogens (tertiary/aromatic N) is 1. The van der Waals surface area contributed by atoms with Gasteiger partial charge in [-0.25, -0.2) is 0 Å². The number of halogens is 3. The minimum Gasteiger partial charge on any atom is -0.469 e. The summed E-state index contributed by atoms with van der Waals surface area (Å²) in [7, 11) is 1.29. The minimum atomic E-state index is -4.46. The molecule has 32 heavy (non-hydrogen) atoms. The lowest BCUT2D eigenvalue weighted by molar-refractivity contribution is -0.141. The minimum absolute atomic E-state index is 0.0218. The average Bonchev–Trinajstić information content (AvgIpc) is 3.32. The Hall–Kier alpha value is -2.88. The fourth-order valence-corrected chi connectivity index (χ4v) is 4.36. The molecule has 1 saturated heterocycles. The standard InChI is InChI=1S/C22H23F3N2O4S/c1-31-19(28)13-17(18-3-2-12-32-18)26-20(29)14-8-10-27(11-9-14)21(30)15-4-6-16(7-5-15)22(23,24)25/h2-7,12,14,17H,8-11,13H2,1H3,(H,26,29). The number of carbonyl (C=O) groups is 3. The van der Waals surface area contributed by atoms with Gasteiger partial charge in [-0.1, -0.05) is 6.07 Å². The Balaban J connectivity index is 1.56. The summed E-state index contributed by atoms with van der Waals surface area (Å²) < 4.78 is 42.8. The number of carbonyl (C=O) groups excluding carboxylic acids is 3. The van der Waals surface area contributed by atoms with Crippen molar-refractivity contribution < 1.29 is 32.3 Å². The zero-order valence-corrected chi connectivity index (χ0v) is 18.2. The van der Waals surface area contributed by atoms with E-state index in [1.54, 1.807) is 0 Å². The molecule has 2 amide bonds. The zero-order valence-electron chi connectivity index (χ0n) is 17.4. The van der Waals surface area contributed by atoms with E-state index in [9.17, 15) is 27.6 Å². The van der Waals surface area contributed by atoms with E-state index in [1.165, 1.54) is 35.5 Å². The molecule has 1 aromatic carbocycles. The lowest BCUT2D eigenvalue weighted by Gasteiger charge is -2.32. The fourth-order valence-electron chi connectivity index (χ4n) is 3.58. The number of likely N-dealkylation sites (tertiary alicyclic amines) is 1. The Morgan fingerprint density at radius 3 is 2.34 bits per heavy atom. The van der Waals surface area contributed by atoms with Crippen molar-refractivity contribution in [3.8, 4) is 0 Å². The molecule has 1 N–H and O–H groups in total. The maximum atomic E-state index is 12.8. The van der Waals surface area contributed by atoms with Crippen LogP contribution in [0.1, 0.15) is 46.1 Å². The van der Waals surface area contributed by atoms with E-state index in [1.807, 2.05) is 17.5 Å². The molecule has 1 aliphatic rings. The number of amides is 2. The number of ether oxygens (including phenoxy) is 1. The van der Waals surface area contributed by atoms with Crippen molar-refractivity contribution >= 4 is 29.1 Å². The third-order valence-electron chi connectivity index (χ3n) is 5.41. The first-order valence-electron chi connectivity index (χ1n) is 10.1. The van der Waals surface area contributed by atoms with Crippen molar-refractivity contribution in [1.82, 2.24) is 10.2 Å². The quantitative estimate of drug-likeness (QED) is 0.650. The van der Waals surface area contributed by atoms with Crippen LogP contribution in [0, 0.1) is 5.92 Å². The van der Waals surface area contributed by atoms with Crippen molar-refractivity contribution in [2.24, 2.45) is 5.92 Å².